The summed E-state index contributed by atoms with van der Waals surface area (Å²) >= 11 is 0. The average Bonchev–Trinajstić information content (AvgIpc) is 2.81. The second kappa shape index (κ2) is 5.30. The van der Waals surface area contributed by atoms with Gasteiger partial charge in [-0.15, -0.1) is 0 Å². The lowest BCUT2D eigenvalue weighted by molar-refractivity contribution is -0.385. The van der Waals surface area contributed by atoms with Gasteiger partial charge in [0.05, 0.1) is 11.5 Å². The van der Waals surface area contributed by atoms with Crippen LogP contribution < -0.4 is 5.32 Å². The van der Waals surface area contributed by atoms with Crippen LogP contribution in [0.1, 0.15) is 22.1 Å². The van der Waals surface area contributed by atoms with E-state index in [-0.39, 0.29) is 12.4 Å². The van der Waals surface area contributed by atoms with Crippen LogP contribution in [0, 0.1) is 17.0 Å². The highest BCUT2D eigenvalue weighted by molar-refractivity contribution is 5.93. The monoisotopic (exact) mass is 279 g/mol. The number of aryl methyl sites for hydroxylation is 1. The highest BCUT2D eigenvalue weighted by atomic mass is 16.6. The fraction of sp³-hybridized carbons (Fsp3) is 0.200. The van der Waals surface area contributed by atoms with Gasteiger partial charge in [0.2, 0.25) is 5.89 Å². The molecule has 2 N–H and O–H groups in total. The Morgan fingerprint density at radius 2 is 2.35 bits per heavy atom. The van der Waals surface area contributed by atoms with E-state index in [1.807, 2.05) is 0 Å². The van der Waals surface area contributed by atoms with Gasteiger partial charge in [-0.3, -0.25) is 10.1 Å². The first-order valence-corrected chi connectivity index (χ1v) is 5.38. The molecule has 0 unspecified atom stereocenters. The molecule has 0 aliphatic heterocycles. The summed E-state index contributed by atoms with van der Waals surface area (Å²) in [7, 11) is 0. The number of pyridine rings is 1. The summed E-state index contributed by atoms with van der Waals surface area (Å²) in [6.45, 7) is 1.78. The SMILES string of the molecule is Cc1nc(CNc2cc(C(=O)O)c([N+](=O)[O-])cn2)no1. The van der Waals surface area contributed by atoms with Gasteiger partial charge < -0.3 is 14.9 Å². The Bertz CT molecular complexity index is 668. The molecule has 0 aromatic carbocycles. The van der Waals surface area contributed by atoms with Crippen molar-refractivity contribution < 1.29 is 19.3 Å². The molecule has 2 aromatic heterocycles. The first-order valence-electron chi connectivity index (χ1n) is 5.38. The van der Waals surface area contributed by atoms with Crippen molar-refractivity contribution in [2.75, 3.05) is 5.32 Å². The van der Waals surface area contributed by atoms with Crippen molar-refractivity contribution in [2.24, 2.45) is 0 Å². The van der Waals surface area contributed by atoms with E-state index in [1.54, 1.807) is 6.92 Å². The molecule has 2 aromatic rings. The van der Waals surface area contributed by atoms with Crippen molar-refractivity contribution in [3.63, 3.8) is 0 Å². The third kappa shape index (κ3) is 2.85. The maximum absolute atomic E-state index is 11.0. The molecule has 104 valence electrons. The lowest BCUT2D eigenvalue weighted by Crippen LogP contribution is -2.07. The minimum atomic E-state index is -1.41. The minimum absolute atomic E-state index is 0.154. The van der Waals surface area contributed by atoms with E-state index >= 15 is 0 Å². The van der Waals surface area contributed by atoms with Gasteiger partial charge >= 0.3 is 11.7 Å². The average molecular weight is 279 g/mol. The zero-order valence-electron chi connectivity index (χ0n) is 10.2. The number of nitrogens with zero attached hydrogens (tertiary/aromatic N) is 4. The zero-order valence-corrected chi connectivity index (χ0v) is 10.2. The van der Waals surface area contributed by atoms with Crippen molar-refractivity contribution in [3.8, 4) is 0 Å². The standard InChI is InChI=1S/C10H9N5O5/c1-5-13-9(14-20-5)4-12-8-2-6(10(16)17)7(3-11-8)15(18)19/h2-3H,4H2,1H3,(H,11,12)(H,16,17). The summed E-state index contributed by atoms with van der Waals surface area (Å²) in [6.07, 6.45) is 0.882. The molecule has 10 heteroatoms. The number of carboxylic acid groups (broad SMARTS) is 1. The maximum Gasteiger partial charge on any atom is 0.342 e. The number of aromatic carboxylic acids is 1. The Morgan fingerprint density at radius 1 is 1.60 bits per heavy atom. The largest absolute Gasteiger partial charge is 0.477 e. The molecule has 2 heterocycles. The number of anilines is 1. The predicted molar refractivity (Wildman–Crippen MR) is 64.2 cm³/mol. The lowest BCUT2D eigenvalue weighted by Gasteiger charge is -2.04. The van der Waals surface area contributed by atoms with Crippen LogP contribution in [0.5, 0.6) is 0 Å². The first-order chi connectivity index (χ1) is 9.47. The molecule has 10 nitrogen and oxygen atoms in total. The highest BCUT2D eigenvalue weighted by Gasteiger charge is 2.21. The molecule has 0 spiro atoms. The van der Waals surface area contributed by atoms with Crippen LogP contribution in [0.4, 0.5) is 11.5 Å². The van der Waals surface area contributed by atoms with E-state index in [2.05, 4.69) is 20.4 Å². The molecule has 2 rings (SSSR count). The molecule has 0 saturated carbocycles. The fourth-order valence-electron chi connectivity index (χ4n) is 1.44. The summed E-state index contributed by atoms with van der Waals surface area (Å²) in [5.41, 5.74) is -1.02. The molecular weight excluding hydrogens is 270 g/mol. The molecule has 0 bridgehead atoms. The number of aromatic nitrogens is 3. The molecule has 20 heavy (non-hydrogen) atoms. The van der Waals surface area contributed by atoms with Gasteiger partial charge in [0.15, 0.2) is 5.82 Å². The third-order valence-electron chi connectivity index (χ3n) is 2.31. The van der Waals surface area contributed by atoms with Gasteiger partial charge in [0.25, 0.3) is 0 Å². The number of nitro groups is 1. The van der Waals surface area contributed by atoms with Crippen LogP contribution in [0.3, 0.4) is 0 Å². The van der Waals surface area contributed by atoms with Crippen LogP contribution in [-0.4, -0.2) is 31.1 Å². The van der Waals surface area contributed by atoms with Crippen LogP contribution in [0.25, 0.3) is 0 Å². The van der Waals surface area contributed by atoms with Crippen molar-refractivity contribution in [3.05, 3.63) is 39.7 Å². The van der Waals surface area contributed by atoms with E-state index in [0.717, 1.165) is 12.3 Å². The Hall–Kier alpha value is -3.04. The lowest BCUT2D eigenvalue weighted by atomic mass is 10.2. The van der Waals surface area contributed by atoms with Gasteiger partial charge in [0.1, 0.15) is 17.6 Å². The number of rotatable bonds is 5. The number of nitrogens with one attached hydrogen (secondary N) is 1. The Labute approximate surface area is 111 Å². The van der Waals surface area contributed by atoms with Gasteiger partial charge in [-0.2, -0.15) is 4.98 Å². The quantitative estimate of drug-likeness (QED) is 0.604. The van der Waals surface area contributed by atoms with Gasteiger partial charge in [0, 0.05) is 13.0 Å². The molecule has 0 radical (unpaired) electrons. The Kier molecular flexibility index (Phi) is 3.55. The highest BCUT2D eigenvalue weighted by Crippen LogP contribution is 2.20. The van der Waals surface area contributed by atoms with E-state index < -0.39 is 22.1 Å². The smallest absolute Gasteiger partial charge is 0.342 e. The topological polar surface area (TPSA) is 144 Å². The number of hydrogen-bond donors (Lipinski definition) is 2. The van der Waals surface area contributed by atoms with Crippen molar-refractivity contribution in [1.29, 1.82) is 0 Å². The van der Waals surface area contributed by atoms with E-state index in [9.17, 15) is 14.9 Å². The number of hydrogen-bond acceptors (Lipinski definition) is 8. The van der Waals surface area contributed by atoms with Crippen molar-refractivity contribution >= 4 is 17.5 Å². The van der Waals surface area contributed by atoms with Crippen LogP contribution in [-0.2, 0) is 6.54 Å². The van der Waals surface area contributed by atoms with Crippen LogP contribution in [0.15, 0.2) is 16.8 Å². The number of carboxylic acids is 1. The van der Waals surface area contributed by atoms with E-state index in [0.29, 0.717) is 11.7 Å². The second-order valence-corrected chi connectivity index (χ2v) is 3.73. The maximum atomic E-state index is 11.0. The molecule has 0 amide bonds. The second-order valence-electron chi connectivity index (χ2n) is 3.73. The summed E-state index contributed by atoms with van der Waals surface area (Å²) in [4.78, 5) is 28.5. The van der Waals surface area contributed by atoms with Crippen molar-refractivity contribution in [1.82, 2.24) is 15.1 Å². The molecule has 0 atom stereocenters. The first kappa shape index (κ1) is 13.4. The van der Waals surface area contributed by atoms with E-state index in [4.69, 9.17) is 9.63 Å². The summed E-state index contributed by atoms with van der Waals surface area (Å²) in [5, 5.41) is 26.0. The molecule has 0 aliphatic rings. The normalized spacial score (nSPS) is 10.2. The molecular formula is C10H9N5O5. The summed E-state index contributed by atoms with van der Waals surface area (Å²) in [6, 6.07) is 1.08. The molecule has 0 aliphatic carbocycles. The van der Waals surface area contributed by atoms with Crippen molar-refractivity contribution in [2.45, 2.75) is 13.5 Å². The zero-order chi connectivity index (χ0) is 14.7. The summed E-state index contributed by atoms with van der Waals surface area (Å²) in [5.74, 6) is -0.489. The number of carbonyl (C=O) groups is 1. The predicted octanol–water partition coefficient (Wildman–Crippen LogP) is 0.992. The molecule has 0 saturated heterocycles. The Morgan fingerprint density at radius 3 is 2.90 bits per heavy atom. The van der Waals surface area contributed by atoms with Gasteiger partial charge in [-0.25, -0.2) is 9.78 Å². The minimum Gasteiger partial charge on any atom is -0.477 e. The van der Waals surface area contributed by atoms with Crippen LogP contribution in [0.2, 0.25) is 0 Å². The van der Waals surface area contributed by atoms with Gasteiger partial charge in [-0.1, -0.05) is 5.16 Å². The Balaban J connectivity index is 2.18. The third-order valence-corrected chi connectivity index (χ3v) is 2.31. The van der Waals surface area contributed by atoms with Gasteiger partial charge in [-0.05, 0) is 0 Å². The fourth-order valence-corrected chi connectivity index (χ4v) is 1.44. The summed E-state index contributed by atoms with van der Waals surface area (Å²) < 4.78 is 4.76. The van der Waals surface area contributed by atoms with Crippen LogP contribution >= 0.6 is 0 Å². The molecule has 0 fully saturated rings. The van der Waals surface area contributed by atoms with E-state index in [1.165, 1.54) is 0 Å².